The number of aryl methyl sites for hydroxylation is 1. The molecule has 0 atom stereocenters. The third-order valence-electron chi connectivity index (χ3n) is 4.90. The molecule has 0 aromatic carbocycles. The van der Waals surface area contributed by atoms with E-state index in [0.717, 1.165) is 30.4 Å². The van der Waals surface area contributed by atoms with E-state index in [1.807, 2.05) is 7.05 Å². The molecule has 0 radical (unpaired) electrons. The van der Waals surface area contributed by atoms with Crippen LogP contribution in [0.15, 0.2) is 10.1 Å². The molecule has 0 unspecified atom stereocenters. The monoisotopic (exact) mass is 464 g/mol. The quantitative estimate of drug-likeness (QED) is 0.221. The van der Waals surface area contributed by atoms with Crippen molar-refractivity contribution in [3.05, 3.63) is 5.82 Å². The van der Waals surface area contributed by atoms with Crippen LogP contribution in [0.2, 0.25) is 0 Å². The fourth-order valence-corrected chi connectivity index (χ4v) is 3.91. The van der Waals surface area contributed by atoms with Crippen molar-refractivity contribution in [3.8, 4) is 0 Å². The Morgan fingerprint density at radius 2 is 2.00 bits per heavy atom. The van der Waals surface area contributed by atoms with E-state index in [2.05, 4.69) is 30.9 Å². The highest BCUT2D eigenvalue weighted by atomic mass is 127. The van der Waals surface area contributed by atoms with E-state index in [0.29, 0.717) is 18.0 Å². The number of nitrogens with zero attached hydrogens (tertiary/aromatic N) is 5. The summed E-state index contributed by atoms with van der Waals surface area (Å²) in [5.74, 6) is 1.79. The molecule has 2 fully saturated rings. The first-order chi connectivity index (χ1) is 11.2. The summed E-state index contributed by atoms with van der Waals surface area (Å²) in [5.41, 5.74) is 6.03. The molecule has 1 aromatic rings. The van der Waals surface area contributed by atoms with Crippen LogP contribution in [0.25, 0.3) is 0 Å². The van der Waals surface area contributed by atoms with Gasteiger partial charge in [-0.3, -0.25) is 4.99 Å². The lowest BCUT2D eigenvalue weighted by Gasteiger charge is -2.17. The Labute approximate surface area is 166 Å². The first-order valence-electron chi connectivity index (χ1n) is 8.71. The van der Waals surface area contributed by atoms with E-state index in [1.165, 1.54) is 38.5 Å². The number of guanidine groups is 1. The van der Waals surface area contributed by atoms with Gasteiger partial charge in [-0.05, 0) is 38.4 Å². The van der Waals surface area contributed by atoms with Gasteiger partial charge in [0.2, 0.25) is 0 Å². The second kappa shape index (κ2) is 9.26. The van der Waals surface area contributed by atoms with Gasteiger partial charge in [0, 0.05) is 32.1 Å². The zero-order valence-corrected chi connectivity index (χ0v) is 17.8. The standard InChI is InChI=1S/C16H28N6S.HI/c1-21(12-9-10-12)15(17)18-11-5-8-14-19-20-16(23-2)22(14)13-6-3-4-7-13;/h12-13H,3-11H2,1-2H3,(H2,17,18);1H. The average Bonchev–Trinajstić information content (AvgIpc) is 3.11. The van der Waals surface area contributed by atoms with Gasteiger partial charge in [-0.25, -0.2) is 0 Å². The summed E-state index contributed by atoms with van der Waals surface area (Å²) in [4.78, 5) is 6.62. The smallest absolute Gasteiger partial charge is 0.191 e. The molecular weight excluding hydrogens is 435 g/mol. The molecule has 0 amide bonds. The molecule has 0 bridgehead atoms. The molecule has 6 nitrogen and oxygen atoms in total. The molecule has 3 rings (SSSR count). The van der Waals surface area contributed by atoms with Gasteiger partial charge in [-0.2, -0.15) is 0 Å². The fraction of sp³-hybridized carbons (Fsp3) is 0.812. The Balaban J connectivity index is 0.00000208. The van der Waals surface area contributed by atoms with Crippen molar-refractivity contribution in [3.63, 3.8) is 0 Å². The molecule has 2 saturated carbocycles. The molecule has 1 aromatic heterocycles. The van der Waals surface area contributed by atoms with E-state index in [-0.39, 0.29) is 24.0 Å². The van der Waals surface area contributed by atoms with Gasteiger partial charge in [-0.15, -0.1) is 34.2 Å². The van der Waals surface area contributed by atoms with Gasteiger partial charge in [0.1, 0.15) is 5.82 Å². The third-order valence-corrected chi connectivity index (χ3v) is 5.54. The second-order valence-corrected chi connectivity index (χ2v) is 7.37. The third kappa shape index (κ3) is 4.77. The number of aromatic nitrogens is 3. The summed E-state index contributed by atoms with van der Waals surface area (Å²) in [7, 11) is 2.04. The molecule has 2 N–H and O–H groups in total. The number of hydrogen-bond donors (Lipinski definition) is 1. The number of nitrogens with two attached hydrogens (primary N) is 1. The molecule has 136 valence electrons. The highest BCUT2D eigenvalue weighted by Crippen LogP contribution is 2.33. The molecule has 0 aliphatic heterocycles. The Morgan fingerprint density at radius 1 is 1.29 bits per heavy atom. The summed E-state index contributed by atoms with van der Waals surface area (Å²) in [6.45, 7) is 0.759. The van der Waals surface area contributed by atoms with Crippen LogP contribution in [0, 0.1) is 0 Å². The van der Waals surface area contributed by atoms with E-state index in [9.17, 15) is 0 Å². The molecule has 24 heavy (non-hydrogen) atoms. The van der Waals surface area contributed by atoms with Gasteiger partial charge in [0.15, 0.2) is 11.1 Å². The number of halogens is 1. The van der Waals surface area contributed by atoms with Crippen LogP contribution < -0.4 is 5.73 Å². The Hall–Kier alpha value is -0.510. The van der Waals surface area contributed by atoms with E-state index in [1.54, 1.807) is 11.8 Å². The minimum absolute atomic E-state index is 0. The average molecular weight is 464 g/mol. The maximum atomic E-state index is 6.03. The van der Waals surface area contributed by atoms with Gasteiger partial charge < -0.3 is 15.2 Å². The fourth-order valence-electron chi connectivity index (χ4n) is 3.34. The van der Waals surface area contributed by atoms with Crippen LogP contribution in [0.5, 0.6) is 0 Å². The largest absolute Gasteiger partial charge is 0.370 e. The highest BCUT2D eigenvalue weighted by Gasteiger charge is 2.27. The zero-order chi connectivity index (χ0) is 16.2. The van der Waals surface area contributed by atoms with Crippen LogP contribution in [0.4, 0.5) is 0 Å². The summed E-state index contributed by atoms with van der Waals surface area (Å²) < 4.78 is 2.38. The maximum Gasteiger partial charge on any atom is 0.191 e. The zero-order valence-electron chi connectivity index (χ0n) is 14.6. The summed E-state index contributed by atoms with van der Waals surface area (Å²) >= 11 is 1.70. The van der Waals surface area contributed by atoms with E-state index < -0.39 is 0 Å². The maximum absolute atomic E-state index is 6.03. The predicted octanol–water partition coefficient (Wildman–Crippen LogP) is 3.07. The minimum atomic E-state index is 0. The lowest BCUT2D eigenvalue weighted by atomic mass is 10.2. The van der Waals surface area contributed by atoms with Crippen LogP contribution in [0.3, 0.4) is 0 Å². The topological polar surface area (TPSA) is 72.3 Å². The number of aliphatic imine (C=N–C) groups is 1. The SMILES string of the molecule is CSc1nnc(CCCN=C(N)N(C)C2CC2)n1C1CCCC1.I. The van der Waals surface area contributed by atoms with Crippen LogP contribution in [-0.4, -0.2) is 51.5 Å². The normalized spacial score (nSPS) is 18.7. The van der Waals surface area contributed by atoms with Crippen LogP contribution in [0.1, 0.15) is 56.8 Å². The Kier molecular flexibility index (Phi) is 7.64. The van der Waals surface area contributed by atoms with Crippen LogP contribution >= 0.6 is 35.7 Å². The lowest BCUT2D eigenvalue weighted by molar-refractivity contribution is 0.460. The van der Waals surface area contributed by atoms with Gasteiger partial charge in [-0.1, -0.05) is 24.6 Å². The predicted molar refractivity (Wildman–Crippen MR) is 110 cm³/mol. The summed E-state index contributed by atoms with van der Waals surface area (Å²) in [6, 6.07) is 1.21. The number of hydrogen-bond acceptors (Lipinski definition) is 4. The van der Waals surface area contributed by atoms with Crippen molar-refractivity contribution < 1.29 is 0 Å². The first kappa shape index (κ1) is 19.8. The molecule has 2 aliphatic rings. The Morgan fingerprint density at radius 3 is 2.62 bits per heavy atom. The molecule has 1 heterocycles. The van der Waals surface area contributed by atoms with Gasteiger partial charge in [0.05, 0.1) is 0 Å². The van der Waals surface area contributed by atoms with Crippen molar-refractivity contribution in [2.24, 2.45) is 10.7 Å². The molecule has 2 aliphatic carbocycles. The van der Waals surface area contributed by atoms with Gasteiger partial charge in [0.25, 0.3) is 0 Å². The van der Waals surface area contributed by atoms with Crippen molar-refractivity contribution >= 4 is 41.7 Å². The summed E-state index contributed by atoms with van der Waals surface area (Å²) in [6.07, 6.45) is 11.6. The second-order valence-electron chi connectivity index (χ2n) is 6.60. The Bertz CT molecular complexity index is 551. The van der Waals surface area contributed by atoms with Crippen molar-refractivity contribution in [2.45, 2.75) is 68.6 Å². The molecular formula is C16H29IN6S. The number of thioether (sulfide) groups is 1. The number of rotatable bonds is 7. The molecule has 0 saturated heterocycles. The van der Waals surface area contributed by atoms with E-state index in [4.69, 9.17) is 5.73 Å². The summed E-state index contributed by atoms with van der Waals surface area (Å²) in [5, 5.41) is 9.84. The van der Waals surface area contributed by atoms with Crippen LogP contribution in [-0.2, 0) is 6.42 Å². The van der Waals surface area contributed by atoms with Crippen molar-refractivity contribution in [1.82, 2.24) is 19.7 Å². The first-order valence-corrected chi connectivity index (χ1v) is 9.93. The van der Waals surface area contributed by atoms with Gasteiger partial charge >= 0.3 is 0 Å². The highest BCUT2D eigenvalue weighted by molar-refractivity contribution is 14.0. The van der Waals surface area contributed by atoms with E-state index >= 15 is 0 Å². The van der Waals surface area contributed by atoms with Crippen molar-refractivity contribution in [2.75, 3.05) is 19.8 Å². The van der Waals surface area contributed by atoms with Crippen molar-refractivity contribution in [1.29, 1.82) is 0 Å². The molecule has 0 spiro atoms. The minimum Gasteiger partial charge on any atom is -0.370 e. The lowest BCUT2D eigenvalue weighted by Crippen LogP contribution is -2.35. The molecule has 8 heteroatoms.